The maximum Gasteiger partial charge on any atom is 0.326 e. The maximum absolute atomic E-state index is 12.4. The molecule has 0 aromatic heterocycles. The van der Waals surface area contributed by atoms with Gasteiger partial charge in [0.25, 0.3) is 5.91 Å². The number of hydrogen-bond acceptors (Lipinski definition) is 3. The van der Waals surface area contributed by atoms with Crippen LogP contribution >= 0.6 is 0 Å². The highest BCUT2D eigenvalue weighted by Gasteiger charge is 2.22. The summed E-state index contributed by atoms with van der Waals surface area (Å²) in [4.78, 5) is 24.0. The first-order valence-electron chi connectivity index (χ1n) is 8.48. The monoisotopic (exact) mass is 355 g/mol. The summed E-state index contributed by atoms with van der Waals surface area (Å²) in [6, 6.07) is 13.4. The Morgan fingerprint density at radius 1 is 1.04 bits per heavy atom. The summed E-state index contributed by atoms with van der Waals surface area (Å²) < 4.78 is 5.09. The first kappa shape index (κ1) is 19.5. The molecular weight excluding hydrogens is 330 g/mol. The number of rotatable bonds is 6. The van der Waals surface area contributed by atoms with Crippen LogP contribution in [-0.4, -0.2) is 30.1 Å². The number of benzene rings is 2. The molecule has 2 rings (SSSR count). The Morgan fingerprint density at radius 2 is 1.62 bits per heavy atom. The van der Waals surface area contributed by atoms with Crippen molar-refractivity contribution in [1.29, 1.82) is 0 Å². The number of nitrogens with one attached hydrogen (secondary N) is 1. The largest absolute Gasteiger partial charge is 0.497 e. The fourth-order valence-electron chi connectivity index (χ4n) is 2.56. The van der Waals surface area contributed by atoms with Gasteiger partial charge in [0, 0.05) is 12.0 Å². The second kappa shape index (κ2) is 8.04. The van der Waals surface area contributed by atoms with E-state index in [0.29, 0.717) is 11.3 Å². The second-order valence-electron chi connectivity index (χ2n) is 7.24. The number of methoxy groups -OCH3 is 1. The number of carbonyl (C=O) groups is 2. The highest BCUT2D eigenvalue weighted by Crippen LogP contribution is 2.22. The molecule has 5 heteroatoms. The van der Waals surface area contributed by atoms with Crippen LogP contribution in [0.4, 0.5) is 0 Å². The summed E-state index contributed by atoms with van der Waals surface area (Å²) >= 11 is 0. The Hall–Kier alpha value is -2.82. The topological polar surface area (TPSA) is 75.6 Å². The molecule has 0 unspecified atom stereocenters. The third kappa shape index (κ3) is 5.09. The van der Waals surface area contributed by atoms with E-state index in [4.69, 9.17) is 4.74 Å². The molecule has 0 heterocycles. The summed E-state index contributed by atoms with van der Waals surface area (Å²) in [7, 11) is 1.57. The minimum absolute atomic E-state index is 0.00697. The van der Waals surface area contributed by atoms with Crippen molar-refractivity contribution in [1.82, 2.24) is 5.32 Å². The summed E-state index contributed by atoms with van der Waals surface area (Å²) in [5.74, 6) is -0.768. The van der Waals surface area contributed by atoms with Crippen LogP contribution in [0.25, 0.3) is 0 Å². The summed E-state index contributed by atoms with van der Waals surface area (Å²) in [6.45, 7) is 6.28. The molecular formula is C21H25NO4. The third-order valence-corrected chi connectivity index (χ3v) is 4.22. The van der Waals surface area contributed by atoms with E-state index in [1.165, 1.54) is 0 Å². The maximum atomic E-state index is 12.4. The van der Waals surface area contributed by atoms with Gasteiger partial charge in [-0.3, -0.25) is 4.79 Å². The van der Waals surface area contributed by atoms with Crippen molar-refractivity contribution in [3.8, 4) is 5.75 Å². The molecule has 2 N–H and O–H groups in total. The van der Waals surface area contributed by atoms with E-state index in [9.17, 15) is 14.7 Å². The molecule has 0 aliphatic rings. The van der Waals surface area contributed by atoms with Crippen molar-refractivity contribution in [3.63, 3.8) is 0 Å². The molecule has 0 spiro atoms. The van der Waals surface area contributed by atoms with Crippen LogP contribution in [-0.2, 0) is 16.6 Å². The van der Waals surface area contributed by atoms with Crippen molar-refractivity contribution in [2.45, 2.75) is 38.6 Å². The van der Waals surface area contributed by atoms with E-state index in [1.54, 1.807) is 43.5 Å². The van der Waals surface area contributed by atoms with Crippen molar-refractivity contribution in [2.75, 3.05) is 7.11 Å². The number of amides is 1. The molecule has 0 saturated heterocycles. The standard InChI is InChI=1S/C21H25NO4/c1-21(2,3)16-9-7-15(8-10-16)19(23)22-18(20(24)25)13-14-5-11-17(26-4)12-6-14/h5-12,18H,13H2,1-4H3,(H,22,23)(H,24,25)/t18-/m1/s1. The lowest BCUT2D eigenvalue weighted by atomic mass is 9.86. The van der Waals surface area contributed by atoms with Crippen molar-refractivity contribution in [2.24, 2.45) is 0 Å². The molecule has 0 fully saturated rings. The molecule has 0 saturated carbocycles. The van der Waals surface area contributed by atoms with Gasteiger partial charge in [-0.15, -0.1) is 0 Å². The quantitative estimate of drug-likeness (QED) is 0.832. The molecule has 1 atom stereocenters. The Kier molecular flexibility index (Phi) is 6.03. The lowest BCUT2D eigenvalue weighted by Crippen LogP contribution is -2.42. The first-order valence-corrected chi connectivity index (χ1v) is 8.48. The predicted octanol–water partition coefficient (Wildman–Crippen LogP) is 3.42. The van der Waals surface area contributed by atoms with Gasteiger partial charge in [-0.25, -0.2) is 4.79 Å². The number of carbonyl (C=O) groups excluding carboxylic acids is 1. The van der Waals surface area contributed by atoms with Crippen molar-refractivity contribution in [3.05, 3.63) is 65.2 Å². The van der Waals surface area contributed by atoms with Crippen molar-refractivity contribution < 1.29 is 19.4 Å². The molecule has 138 valence electrons. The molecule has 1 amide bonds. The summed E-state index contributed by atoms with van der Waals surface area (Å²) in [5.41, 5.74) is 2.36. The SMILES string of the molecule is COc1ccc(C[C@@H](NC(=O)c2ccc(C(C)(C)C)cc2)C(=O)O)cc1. The average molecular weight is 355 g/mol. The van der Waals surface area contributed by atoms with Gasteiger partial charge in [-0.1, -0.05) is 45.0 Å². The van der Waals surface area contributed by atoms with E-state index >= 15 is 0 Å². The minimum Gasteiger partial charge on any atom is -0.497 e. The van der Waals surface area contributed by atoms with E-state index in [2.05, 4.69) is 26.1 Å². The molecule has 2 aromatic rings. The molecule has 2 aromatic carbocycles. The first-order chi connectivity index (χ1) is 12.2. The minimum atomic E-state index is -1.07. The van der Waals surface area contributed by atoms with E-state index in [0.717, 1.165) is 11.1 Å². The van der Waals surface area contributed by atoms with Crippen LogP contribution in [0.3, 0.4) is 0 Å². The lowest BCUT2D eigenvalue weighted by Gasteiger charge is -2.19. The van der Waals surface area contributed by atoms with E-state index < -0.39 is 17.9 Å². The smallest absolute Gasteiger partial charge is 0.326 e. The number of hydrogen-bond donors (Lipinski definition) is 2. The zero-order chi connectivity index (χ0) is 19.3. The van der Waals surface area contributed by atoms with Gasteiger partial charge in [-0.05, 0) is 40.8 Å². The highest BCUT2D eigenvalue weighted by atomic mass is 16.5. The lowest BCUT2D eigenvalue weighted by molar-refractivity contribution is -0.139. The molecule has 0 aliphatic carbocycles. The van der Waals surface area contributed by atoms with Gasteiger partial charge >= 0.3 is 5.97 Å². The van der Waals surface area contributed by atoms with Crippen LogP contribution in [0.1, 0.15) is 42.3 Å². The van der Waals surface area contributed by atoms with E-state index in [1.807, 2.05) is 12.1 Å². The second-order valence-corrected chi connectivity index (χ2v) is 7.24. The fraction of sp³-hybridized carbons (Fsp3) is 0.333. The number of carboxylic acid groups (broad SMARTS) is 1. The number of ether oxygens (including phenoxy) is 1. The summed E-state index contributed by atoms with van der Waals surface area (Å²) in [5, 5.41) is 12.0. The van der Waals surface area contributed by atoms with Gasteiger partial charge in [0.2, 0.25) is 0 Å². The third-order valence-electron chi connectivity index (χ3n) is 4.22. The predicted molar refractivity (Wildman–Crippen MR) is 101 cm³/mol. The Bertz CT molecular complexity index is 758. The van der Waals surface area contributed by atoms with Gasteiger partial charge in [0.05, 0.1) is 7.11 Å². The van der Waals surface area contributed by atoms with Gasteiger partial charge < -0.3 is 15.2 Å². The van der Waals surface area contributed by atoms with Crippen LogP contribution in [0.5, 0.6) is 5.75 Å². The molecule has 0 bridgehead atoms. The normalized spacial score (nSPS) is 12.3. The average Bonchev–Trinajstić information content (AvgIpc) is 2.61. The van der Waals surface area contributed by atoms with Gasteiger partial charge in [0.1, 0.15) is 11.8 Å². The number of carboxylic acids is 1. The number of aliphatic carboxylic acids is 1. The fourth-order valence-corrected chi connectivity index (χ4v) is 2.56. The molecule has 26 heavy (non-hydrogen) atoms. The molecule has 0 aliphatic heterocycles. The zero-order valence-electron chi connectivity index (χ0n) is 15.6. The van der Waals surface area contributed by atoms with Crippen LogP contribution in [0.15, 0.2) is 48.5 Å². The Labute approximate surface area is 154 Å². The van der Waals surface area contributed by atoms with Crippen molar-refractivity contribution >= 4 is 11.9 Å². The van der Waals surface area contributed by atoms with E-state index in [-0.39, 0.29) is 11.8 Å². The Morgan fingerprint density at radius 3 is 2.08 bits per heavy atom. The summed E-state index contributed by atoms with van der Waals surface area (Å²) in [6.07, 6.45) is 0.200. The van der Waals surface area contributed by atoms with Crippen LogP contribution in [0, 0.1) is 0 Å². The Balaban J connectivity index is 2.08. The van der Waals surface area contributed by atoms with Crippen LogP contribution in [0.2, 0.25) is 0 Å². The van der Waals surface area contributed by atoms with Gasteiger partial charge in [0.15, 0.2) is 0 Å². The molecule has 5 nitrogen and oxygen atoms in total. The van der Waals surface area contributed by atoms with Gasteiger partial charge in [-0.2, -0.15) is 0 Å². The molecule has 0 radical (unpaired) electrons. The highest BCUT2D eigenvalue weighted by molar-refractivity contribution is 5.96. The van der Waals surface area contributed by atoms with Crippen LogP contribution < -0.4 is 10.1 Å². The zero-order valence-corrected chi connectivity index (χ0v) is 15.6.